The van der Waals surface area contributed by atoms with E-state index in [4.69, 9.17) is 12.2 Å². The highest BCUT2D eigenvalue weighted by Crippen LogP contribution is 2.31. The number of carbonyl (C=O) groups excluding carboxylic acids is 2. The Morgan fingerprint density at radius 3 is 2.67 bits per heavy atom. The Morgan fingerprint density at radius 1 is 1.25 bits per heavy atom. The van der Waals surface area contributed by atoms with Crippen molar-refractivity contribution in [3.05, 3.63) is 70.6 Å². The topological polar surface area (TPSA) is 62.3 Å². The molecule has 0 radical (unpaired) electrons. The molecule has 2 heterocycles. The Labute approximate surface area is 146 Å². The van der Waals surface area contributed by atoms with E-state index in [1.165, 1.54) is 36.7 Å². The van der Waals surface area contributed by atoms with Gasteiger partial charge in [0.05, 0.1) is 4.91 Å². The van der Waals surface area contributed by atoms with Gasteiger partial charge in [-0.1, -0.05) is 30.0 Å². The van der Waals surface area contributed by atoms with Gasteiger partial charge < -0.3 is 0 Å². The number of thiocarbonyl (C=S) groups is 1. The van der Waals surface area contributed by atoms with Crippen LogP contribution in [0, 0.1) is 5.82 Å². The maximum absolute atomic E-state index is 13.7. The van der Waals surface area contributed by atoms with Gasteiger partial charge in [0.1, 0.15) is 5.82 Å². The minimum atomic E-state index is -0.504. The highest BCUT2D eigenvalue weighted by atomic mass is 32.2. The summed E-state index contributed by atoms with van der Waals surface area (Å²) in [6.45, 7) is 0. The Hall–Kier alpha value is -2.58. The second kappa shape index (κ2) is 6.90. The van der Waals surface area contributed by atoms with Crippen LogP contribution < -0.4 is 5.43 Å². The third kappa shape index (κ3) is 3.34. The molecule has 1 N–H and O–H groups in total. The summed E-state index contributed by atoms with van der Waals surface area (Å²) in [6, 6.07) is 9.12. The predicted octanol–water partition coefficient (Wildman–Crippen LogP) is 2.77. The summed E-state index contributed by atoms with van der Waals surface area (Å²) in [6.07, 6.45) is 4.35. The smallest absolute Gasteiger partial charge is 0.267 e. The first-order valence-electron chi connectivity index (χ1n) is 6.80. The van der Waals surface area contributed by atoms with Crippen LogP contribution in [0.25, 0.3) is 6.08 Å². The molecule has 0 saturated carbocycles. The first-order chi connectivity index (χ1) is 11.6. The second-order valence-corrected chi connectivity index (χ2v) is 6.39. The van der Waals surface area contributed by atoms with E-state index in [2.05, 4.69) is 10.4 Å². The van der Waals surface area contributed by atoms with Crippen LogP contribution >= 0.6 is 24.0 Å². The van der Waals surface area contributed by atoms with Gasteiger partial charge in [0.25, 0.3) is 11.8 Å². The molecular formula is C16H10FN3O2S2. The van der Waals surface area contributed by atoms with Gasteiger partial charge in [-0.25, -0.2) is 4.39 Å². The summed E-state index contributed by atoms with van der Waals surface area (Å²) < 4.78 is 13.9. The zero-order valence-electron chi connectivity index (χ0n) is 12.1. The molecule has 0 bridgehead atoms. The molecule has 1 saturated heterocycles. The summed E-state index contributed by atoms with van der Waals surface area (Å²) in [7, 11) is 0. The maximum atomic E-state index is 13.7. The molecule has 0 unspecified atom stereocenters. The SMILES string of the molecule is O=C(NN1C(=O)/C(=C/c2ccccc2F)SC1=S)c1ccncc1. The molecule has 1 aromatic heterocycles. The normalized spacial score (nSPS) is 15.9. The number of hydrogen-bond acceptors (Lipinski definition) is 5. The van der Waals surface area contributed by atoms with Crippen molar-refractivity contribution >= 4 is 46.2 Å². The fraction of sp³-hybridized carbons (Fsp3) is 0. The lowest BCUT2D eigenvalue weighted by Crippen LogP contribution is -2.44. The van der Waals surface area contributed by atoms with Crippen molar-refractivity contribution in [2.75, 3.05) is 0 Å². The number of nitrogens with one attached hydrogen (secondary N) is 1. The van der Waals surface area contributed by atoms with E-state index in [-0.39, 0.29) is 14.8 Å². The van der Waals surface area contributed by atoms with Gasteiger partial charge in [-0.05, 0) is 36.5 Å². The van der Waals surface area contributed by atoms with E-state index in [0.717, 1.165) is 16.8 Å². The summed E-state index contributed by atoms with van der Waals surface area (Å²) >= 11 is 6.12. The average molecular weight is 359 g/mol. The van der Waals surface area contributed by atoms with Gasteiger partial charge in [0.15, 0.2) is 4.32 Å². The summed E-state index contributed by atoms with van der Waals surface area (Å²) in [5.41, 5.74) is 3.07. The molecule has 2 aromatic rings. The third-order valence-electron chi connectivity index (χ3n) is 3.14. The number of hydrazine groups is 1. The van der Waals surface area contributed by atoms with E-state index in [1.54, 1.807) is 18.2 Å². The van der Waals surface area contributed by atoms with Crippen molar-refractivity contribution in [3.8, 4) is 0 Å². The van der Waals surface area contributed by atoms with Crippen LogP contribution in [0.15, 0.2) is 53.7 Å². The first kappa shape index (κ1) is 16.3. The number of benzene rings is 1. The first-order valence-corrected chi connectivity index (χ1v) is 8.02. The summed E-state index contributed by atoms with van der Waals surface area (Å²) in [4.78, 5) is 28.6. The van der Waals surface area contributed by atoms with Crippen molar-refractivity contribution in [1.82, 2.24) is 15.4 Å². The fourth-order valence-corrected chi connectivity index (χ4v) is 3.14. The summed E-state index contributed by atoms with van der Waals surface area (Å²) in [5, 5.41) is 0.982. The number of rotatable bonds is 3. The lowest BCUT2D eigenvalue weighted by molar-refractivity contribution is -0.123. The standard InChI is InChI=1S/C16H10FN3O2S2/c17-12-4-2-1-3-11(12)9-13-15(22)20(16(23)24-13)19-14(21)10-5-7-18-8-6-10/h1-9H,(H,19,21)/b13-9-. The molecule has 3 rings (SSSR count). The van der Waals surface area contributed by atoms with Crippen molar-refractivity contribution in [2.45, 2.75) is 0 Å². The Morgan fingerprint density at radius 2 is 1.96 bits per heavy atom. The predicted molar refractivity (Wildman–Crippen MR) is 93.1 cm³/mol. The number of carbonyl (C=O) groups is 2. The molecule has 0 atom stereocenters. The van der Waals surface area contributed by atoms with Crippen LogP contribution in [0.2, 0.25) is 0 Å². The molecule has 8 heteroatoms. The van der Waals surface area contributed by atoms with E-state index in [1.807, 2.05) is 0 Å². The van der Waals surface area contributed by atoms with Crippen LogP contribution in [0.5, 0.6) is 0 Å². The Bertz CT molecular complexity index is 855. The lowest BCUT2D eigenvalue weighted by atomic mass is 10.2. The van der Waals surface area contributed by atoms with Crippen LogP contribution in [0.3, 0.4) is 0 Å². The van der Waals surface area contributed by atoms with Gasteiger partial charge >= 0.3 is 0 Å². The molecule has 1 fully saturated rings. The molecule has 24 heavy (non-hydrogen) atoms. The minimum absolute atomic E-state index is 0.171. The molecule has 0 spiro atoms. The monoisotopic (exact) mass is 359 g/mol. The van der Waals surface area contributed by atoms with Crippen LogP contribution in [0.1, 0.15) is 15.9 Å². The van der Waals surface area contributed by atoms with Crippen LogP contribution in [-0.4, -0.2) is 26.1 Å². The molecule has 1 aromatic carbocycles. The molecule has 0 aliphatic carbocycles. The van der Waals surface area contributed by atoms with Crippen molar-refractivity contribution in [2.24, 2.45) is 0 Å². The van der Waals surface area contributed by atoms with Crippen LogP contribution in [0.4, 0.5) is 4.39 Å². The van der Waals surface area contributed by atoms with Crippen molar-refractivity contribution in [1.29, 1.82) is 0 Å². The quantitative estimate of drug-likeness (QED) is 0.674. The average Bonchev–Trinajstić information content (AvgIpc) is 2.85. The highest BCUT2D eigenvalue weighted by molar-refractivity contribution is 8.26. The van der Waals surface area contributed by atoms with Crippen LogP contribution in [-0.2, 0) is 4.79 Å². The number of nitrogens with zero attached hydrogens (tertiary/aromatic N) is 2. The largest absolute Gasteiger partial charge is 0.285 e. The van der Waals surface area contributed by atoms with E-state index < -0.39 is 17.6 Å². The zero-order valence-corrected chi connectivity index (χ0v) is 13.7. The van der Waals surface area contributed by atoms with Crippen molar-refractivity contribution < 1.29 is 14.0 Å². The summed E-state index contributed by atoms with van der Waals surface area (Å²) in [5.74, 6) is -1.43. The lowest BCUT2D eigenvalue weighted by Gasteiger charge is -2.15. The van der Waals surface area contributed by atoms with E-state index in [9.17, 15) is 14.0 Å². The van der Waals surface area contributed by atoms with Gasteiger partial charge in [-0.2, -0.15) is 5.01 Å². The van der Waals surface area contributed by atoms with E-state index >= 15 is 0 Å². The zero-order chi connectivity index (χ0) is 17.1. The molecule has 5 nitrogen and oxygen atoms in total. The highest BCUT2D eigenvalue weighted by Gasteiger charge is 2.33. The molecule has 1 aliphatic rings. The minimum Gasteiger partial charge on any atom is -0.267 e. The molecule has 1 aliphatic heterocycles. The van der Waals surface area contributed by atoms with Crippen molar-refractivity contribution in [3.63, 3.8) is 0 Å². The number of pyridine rings is 1. The number of amides is 2. The Balaban J connectivity index is 1.80. The van der Waals surface area contributed by atoms with Gasteiger partial charge in [0, 0.05) is 23.5 Å². The van der Waals surface area contributed by atoms with Gasteiger partial charge in [-0.3, -0.25) is 20.0 Å². The van der Waals surface area contributed by atoms with Gasteiger partial charge in [-0.15, -0.1) is 0 Å². The number of halogens is 1. The van der Waals surface area contributed by atoms with Gasteiger partial charge in [0.2, 0.25) is 0 Å². The number of hydrogen-bond donors (Lipinski definition) is 1. The fourth-order valence-electron chi connectivity index (χ4n) is 1.97. The molecule has 120 valence electrons. The second-order valence-electron chi connectivity index (χ2n) is 4.72. The molecule has 2 amide bonds. The molecular weight excluding hydrogens is 349 g/mol. The van der Waals surface area contributed by atoms with E-state index in [0.29, 0.717) is 5.56 Å². The number of aromatic nitrogens is 1. The third-order valence-corrected chi connectivity index (χ3v) is 4.44. The Kier molecular flexibility index (Phi) is 4.68. The maximum Gasteiger partial charge on any atom is 0.285 e. The number of thioether (sulfide) groups is 1.